The van der Waals surface area contributed by atoms with Gasteiger partial charge in [0.25, 0.3) is 0 Å². The third kappa shape index (κ3) is 6.90. The van der Waals surface area contributed by atoms with E-state index in [0.29, 0.717) is 5.92 Å². The quantitative estimate of drug-likeness (QED) is 0.654. The van der Waals surface area contributed by atoms with Gasteiger partial charge in [0.1, 0.15) is 5.75 Å². The Hall–Kier alpha value is -1.09. The van der Waals surface area contributed by atoms with Crippen LogP contribution in [-0.2, 0) is 6.54 Å². The molecule has 0 saturated carbocycles. The van der Waals surface area contributed by atoms with E-state index in [-0.39, 0.29) is 0 Å². The zero-order valence-corrected chi connectivity index (χ0v) is 13.5. The summed E-state index contributed by atoms with van der Waals surface area (Å²) in [4.78, 5) is 4.38. The Kier molecular flexibility index (Phi) is 8.28. The monoisotopic (exact) mass is 278 g/mol. The Balaban J connectivity index is 2.47. The molecule has 20 heavy (non-hydrogen) atoms. The molecule has 0 atom stereocenters. The molecule has 0 amide bonds. The second kappa shape index (κ2) is 9.76. The van der Waals surface area contributed by atoms with E-state index in [0.717, 1.165) is 43.1 Å². The summed E-state index contributed by atoms with van der Waals surface area (Å²) in [7, 11) is 0. The van der Waals surface area contributed by atoms with Crippen molar-refractivity contribution in [3.05, 3.63) is 23.5 Å². The fraction of sp³-hybridized carbons (Fsp3) is 0.706. The predicted octanol–water partition coefficient (Wildman–Crippen LogP) is 4.09. The van der Waals surface area contributed by atoms with Gasteiger partial charge in [-0.25, -0.2) is 0 Å². The normalized spacial score (nSPS) is 11.1. The van der Waals surface area contributed by atoms with Gasteiger partial charge in [-0.1, -0.05) is 40.0 Å². The maximum Gasteiger partial charge on any atom is 0.127 e. The van der Waals surface area contributed by atoms with Gasteiger partial charge in [-0.05, 0) is 25.8 Å². The van der Waals surface area contributed by atoms with E-state index < -0.39 is 0 Å². The average molecular weight is 278 g/mol. The van der Waals surface area contributed by atoms with Crippen molar-refractivity contribution in [1.82, 2.24) is 10.3 Å². The van der Waals surface area contributed by atoms with Crippen LogP contribution in [0.25, 0.3) is 0 Å². The lowest BCUT2D eigenvalue weighted by atomic mass is 10.2. The number of ether oxygens (including phenoxy) is 1. The molecule has 1 rings (SSSR count). The lowest BCUT2D eigenvalue weighted by molar-refractivity contribution is 0.300. The van der Waals surface area contributed by atoms with E-state index in [2.05, 4.69) is 31.1 Å². The van der Waals surface area contributed by atoms with Crippen molar-refractivity contribution in [2.75, 3.05) is 13.2 Å². The van der Waals surface area contributed by atoms with E-state index in [1.54, 1.807) is 0 Å². The Labute approximate surface area is 124 Å². The molecule has 1 aromatic heterocycles. The first-order valence-electron chi connectivity index (χ1n) is 7.92. The molecule has 0 spiro atoms. The zero-order valence-electron chi connectivity index (χ0n) is 13.5. The molecule has 3 heteroatoms. The first-order valence-corrected chi connectivity index (χ1v) is 7.92. The first kappa shape index (κ1) is 17.0. The van der Waals surface area contributed by atoms with E-state index in [1.165, 1.54) is 19.3 Å². The highest BCUT2D eigenvalue weighted by molar-refractivity contribution is 5.32. The van der Waals surface area contributed by atoms with Crippen LogP contribution in [0, 0.1) is 12.8 Å². The summed E-state index contributed by atoms with van der Waals surface area (Å²) in [5, 5.41) is 3.45. The average Bonchev–Trinajstić information content (AvgIpc) is 2.40. The highest BCUT2D eigenvalue weighted by Gasteiger charge is 2.05. The fourth-order valence-corrected chi connectivity index (χ4v) is 2.04. The Morgan fingerprint density at radius 2 is 2.05 bits per heavy atom. The van der Waals surface area contributed by atoms with Gasteiger partial charge in [0.05, 0.1) is 6.61 Å². The summed E-state index contributed by atoms with van der Waals surface area (Å²) >= 11 is 0. The maximum absolute atomic E-state index is 5.94. The van der Waals surface area contributed by atoms with Crippen LogP contribution in [0.4, 0.5) is 0 Å². The van der Waals surface area contributed by atoms with Crippen LogP contribution >= 0.6 is 0 Å². The molecule has 0 aliphatic rings. The second-order valence-corrected chi connectivity index (χ2v) is 5.87. The molecule has 1 heterocycles. The minimum Gasteiger partial charge on any atom is -0.493 e. The van der Waals surface area contributed by atoms with Gasteiger partial charge in [0.2, 0.25) is 0 Å². The van der Waals surface area contributed by atoms with Crippen LogP contribution in [0.15, 0.2) is 12.3 Å². The molecule has 1 N–H and O–H groups in total. The smallest absolute Gasteiger partial charge is 0.127 e. The van der Waals surface area contributed by atoms with Crippen molar-refractivity contribution in [3.63, 3.8) is 0 Å². The largest absolute Gasteiger partial charge is 0.493 e. The summed E-state index contributed by atoms with van der Waals surface area (Å²) in [6.07, 6.45) is 6.87. The standard InChI is InChI=1S/C17H30N2O/c1-5-6-7-8-9-20-17-10-15(4)19-13-16(17)12-18-11-14(2)3/h10,13-14,18H,5-9,11-12H2,1-4H3. The van der Waals surface area contributed by atoms with Gasteiger partial charge >= 0.3 is 0 Å². The van der Waals surface area contributed by atoms with Gasteiger partial charge in [-0.2, -0.15) is 0 Å². The van der Waals surface area contributed by atoms with Gasteiger partial charge in [0, 0.05) is 30.1 Å². The topological polar surface area (TPSA) is 34.1 Å². The van der Waals surface area contributed by atoms with E-state index in [4.69, 9.17) is 4.74 Å². The third-order valence-corrected chi connectivity index (χ3v) is 3.20. The summed E-state index contributed by atoms with van der Waals surface area (Å²) in [5.41, 5.74) is 2.17. The molecule has 0 fully saturated rings. The summed E-state index contributed by atoms with van der Waals surface area (Å²) in [6, 6.07) is 2.05. The SMILES string of the molecule is CCCCCCOc1cc(C)ncc1CNCC(C)C. The van der Waals surface area contributed by atoms with E-state index >= 15 is 0 Å². The minimum absolute atomic E-state index is 0.659. The highest BCUT2D eigenvalue weighted by atomic mass is 16.5. The van der Waals surface area contributed by atoms with Gasteiger partial charge < -0.3 is 10.1 Å². The van der Waals surface area contributed by atoms with Gasteiger partial charge in [-0.15, -0.1) is 0 Å². The van der Waals surface area contributed by atoms with Crippen molar-refractivity contribution in [2.24, 2.45) is 5.92 Å². The number of aryl methyl sites for hydroxylation is 1. The molecule has 3 nitrogen and oxygen atoms in total. The Morgan fingerprint density at radius 3 is 2.75 bits per heavy atom. The Bertz CT molecular complexity index is 377. The number of hydrogen-bond donors (Lipinski definition) is 1. The second-order valence-electron chi connectivity index (χ2n) is 5.87. The molecule has 0 aliphatic heterocycles. The molecule has 0 saturated heterocycles. The van der Waals surface area contributed by atoms with Crippen LogP contribution in [0.2, 0.25) is 0 Å². The van der Waals surface area contributed by atoms with Gasteiger partial charge in [0.15, 0.2) is 0 Å². The number of rotatable bonds is 10. The van der Waals surface area contributed by atoms with Crippen molar-refractivity contribution >= 4 is 0 Å². The van der Waals surface area contributed by atoms with E-state index in [9.17, 15) is 0 Å². The number of nitrogens with one attached hydrogen (secondary N) is 1. The van der Waals surface area contributed by atoms with Crippen molar-refractivity contribution in [2.45, 2.75) is 59.9 Å². The summed E-state index contributed by atoms with van der Waals surface area (Å²) < 4.78 is 5.94. The first-order chi connectivity index (χ1) is 9.63. The van der Waals surface area contributed by atoms with Crippen molar-refractivity contribution < 1.29 is 4.74 Å². The molecule has 114 valence electrons. The van der Waals surface area contributed by atoms with Crippen LogP contribution < -0.4 is 10.1 Å². The van der Waals surface area contributed by atoms with Gasteiger partial charge in [-0.3, -0.25) is 4.98 Å². The maximum atomic E-state index is 5.94. The van der Waals surface area contributed by atoms with Crippen molar-refractivity contribution in [1.29, 1.82) is 0 Å². The lowest BCUT2D eigenvalue weighted by Crippen LogP contribution is -2.19. The predicted molar refractivity (Wildman–Crippen MR) is 85.2 cm³/mol. The van der Waals surface area contributed by atoms with Crippen LogP contribution in [-0.4, -0.2) is 18.1 Å². The highest BCUT2D eigenvalue weighted by Crippen LogP contribution is 2.19. The van der Waals surface area contributed by atoms with Crippen LogP contribution in [0.1, 0.15) is 57.7 Å². The number of unbranched alkanes of at least 4 members (excludes halogenated alkanes) is 3. The third-order valence-electron chi connectivity index (χ3n) is 3.20. The number of pyridine rings is 1. The van der Waals surface area contributed by atoms with Crippen LogP contribution in [0.3, 0.4) is 0 Å². The van der Waals surface area contributed by atoms with Crippen LogP contribution in [0.5, 0.6) is 5.75 Å². The Morgan fingerprint density at radius 1 is 1.25 bits per heavy atom. The summed E-state index contributed by atoms with van der Waals surface area (Å²) in [6.45, 7) is 11.3. The fourth-order valence-electron chi connectivity index (χ4n) is 2.04. The number of aromatic nitrogens is 1. The molecule has 0 aliphatic carbocycles. The zero-order chi connectivity index (χ0) is 14.8. The molecular weight excluding hydrogens is 248 g/mol. The van der Waals surface area contributed by atoms with Crippen molar-refractivity contribution in [3.8, 4) is 5.75 Å². The lowest BCUT2D eigenvalue weighted by Gasteiger charge is -2.13. The molecule has 0 radical (unpaired) electrons. The summed E-state index contributed by atoms with van der Waals surface area (Å²) in [5.74, 6) is 1.65. The molecule has 0 bridgehead atoms. The molecule has 0 aromatic carbocycles. The molecule has 0 unspecified atom stereocenters. The minimum atomic E-state index is 0.659. The van der Waals surface area contributed by atoms with E-state index in [1.807, 2.05) is 19.2 Å². The number of hydrogen-bond acceptors (Lipinski definition) is 3. The molecule has 1 aromatic rings. The number of nitrogens with zero attached hydrogens (tertiary/aromatic N) is 1. The molecular formula is C17H30N2O.